The summed E-state index contributed by atoms with van der Waals surface area (Å²) in [4.78, 5) is 21.8. The van der Waals surface area contributed by atoms with Gasteiger partial charge in [-0.25, -0.2) is 4.98 Å². The number of hydrogen-bond donors (Lipinski definition) is 2. The Bertz CT molecular complexity index is 672. The first-order valence-corrected chi connectivity index (χ1v) is 9.50. The van der Waals surface area contributed by atoms with Crippen molar-refractivity contribution in [3.8, 4) is 0 Å². The van der Waals surface area contributed by atoms with Crippen molar-refractivity contribution >= 4 is 27.7 Å². The zero-order chi connectivity index (χ0) is 18.6. The van der Waals surface area contributed by atoms with Gasteiger partial charge in [0, 0.05) is 17.1 Å². The van der Waals surface area contributed by atoms with Crippen LogP contribution in [0.2, 0.25) is 0 Å². The molecule has 1 saturated heterocycles. The van der Waals surface area contributed by atoms with Crippen molar-refractivity contribution in [1.29, 1.82) is 0 Å². The number of pyridine rings is 1. The normalized spacial score (nSPS) is 25.7. The third-order valence-electron chi connectivity index (χ3n) is 4.91. The summed E-state index contributed by atoms with van der Waals surface area (Å²) >= 11 is 3.39. The van der Waals surface area contributed by atoms with Gasteiger partial charge in [0.2, 0.25) is 0 Å². The summed E-state index contributed by atoms with van der Waals surface area (Å²) < 4.78 is 0.724. The molecule has 1 fully saturated rings. The number of rotatable bonds is 2. The molecule has 2 N–H and O–H groups in total. The summed E-state index contributed by atoms with van der Waals surface area (Å²) in [6.45, 7) is 8.83. The van der Waals surface area contributed by atoms with Gasteiger partial charge in [-0.3, -0.25) is 9.69 Å². The van der Waals surface area contributed by atoms with E-state index in [0.717, 1.165) is 17.4 Å². The maximum atomic E-state index is 13.3. The van der Waals surface area contributed by atoms with Crippen LogP contribution in [-0.4, -0.2) is 58.2 Å². The monoisotopic (exact) mass is 409 g/mol. The zero-order valence-corrected chi connectivity index (χ0v) is 17.4. The molecular formula is C18H28BrN5O. The van der Waals surface area contributed by atoms with Gasteiger partial charge < -0.3 is 15.5 Å². The average molecular weight is 410 g/mol. The molecule has 2 aliphatic rings. The second-order valence-electron chi connectivity index (χ2n) is 8.68. The molecule has 0 bridgehead atoms. The van der Waals surface area contributed by atoms with E-state index in [2.05, 4.69) is 59.2 Å². The molecule has 1 aromatic rings. The van der Waals surface area contributed by atoms with Crippen molar-refractivity contribution in [2.75, 3.05) is 19.4 Å². The van der Waals surface area contributed by atoms with Gasteiger partial charge >= 0.3 is 0 Å². The Kier molecular flexibility index (Phi) is 4.62. The van der Waals surface area contributed by atoms with Crippen LogP contribution in [0.3, 0.4) is 0 Å². The quantitative estimate of drug-likeness (QED) is 0.735. The molecule has 138 valence electrons. The number of piperidine rings is 1. The molecule has 1 unspecified atom stereocenters. The van der Waals surface area contributed by atoms with E-state index in [-0.39, 0.29) is 29.3 Å². The number of anilines is 1. The highest BCUT2D eigenvalue weighted by Crippen LogP contribution is 2.36. The van der Waals surface area contributed by atoms with Gasteiger partial charge in [-0.1, -0.05) is 0 Å². The molecule has 0 saturated carbocycles. The molecule has 0 aliphatic carbocycles. The van der Waals surface area contributed by atoms with Crippen LogP contribution >= 0.6 is 15.9 Å². The topological polar surface area (TPSA) is 60.5 Å². The minimum absolute atomic E-state index is 0.0260. The fourth-order valence-corrected chi connectivity index (χ4v) is 4.68. The number of hydrogen-bond acceptors (Lipinski definition) is 5. The highest BCUT2D eigenvalue weighted by atomic mass is 79.9. The molecule has 2 aliphatic heterocycles. The molecule has 6 nitrogen and oxygen atoms in total. The number of aromatic nitrogens is 1. The van der Waals surface area contributed by atoms with Gasteiger partial charge in [-0.2, -0.15) is 0 Å². The molecule has 7 heteroatoms. The summed E-state index contributed by atoms with van der Waals surface area (Å²) in [5.41, 5.74) is 0.583. The van der Waals surface area contributed by atoms with Gasteiger partial charge in [0.1, 0.15) is 10.4 Å². The van der Waals surface area contributed by atoms with Crippen molar-refractivity contribution in [3.63, 3.8) is 0 Å². The number of nitrogens with zero attached hydrogens (tertiary/aromatic N) is 3. The Labute approximate surface area is 158 Å². The van der Waals surface area contributed by atoms with Crippen molar-refractivity contribution in [1.82, 2.24) is 20.1 Å². The fourth-order valence-electron chi connectivity index (χ4n) is 4.37. The van der Waals surface area contributed by atoms with E-state index in [1.807, 2.05) is 36.0 Å². The summed E-state index contributed by atoms with van der Waals surface area (Å²) in [6, 6.07) is 3.82. The van der Waals surface area contributed by atoms with Gasteiger partial charge in [0.05, 0.1) is 5.56 Å². The van der Waals surface area contributed by atoms with Crippen LogP contribution in [-0.2, 0) is 0 Å². The van der Waals surface area contributed by atoms with E-state index in [4.69, 9.17) is 0 Å². The molecule has 1 aromatic heterocycles. The minimum atomic E-state index is -0.212. The predicted octanol–water partition coefficient (Wildman–Crippen LogP) is 2.87. The second-order valence-corrected chi connectivity index (χ2v) is 9.49. The summed E-state index contributed by atoms with van der Waals surface area (Å²) in [7, 11) is 3.97. The molecule has 3 heterocycles. The predicted molar refractivity (Wildman–Crippen MR) is 104 cm³/mol. The lowest BCUT2D eigenvalue weighted by Crippen LogP contribution is -2.67. The largest absolute Gasteiger partial charge is 0.337 e. The average Bonchev–Trinajstić information content (AvgIpc) is 2.42. The third-order valence-corrected chi connectivity index (χ3v) is 5.35. The Balaban J connectivity index is 2.01. The minimum Gasteiger partial charge on any atom is -0.337 e. The van der Waals surface area contributed by atoms with Crippen LogP contribution in [0.1, 0.15) is 50.9 Å². The van der Waals surface area contributed by atoms with Crippen LogP contribution in [0.25, 0.3) is 0 Å². The summed E-state index contributed by atoms with van der Waals surface area (Å²) in [5, 5.41) is 7.14. The van der Waals surface area contributed by atoms with Crippen molar-refractivity contribution in [2.45, 2.75) is 63.9 Å². The molecule has 0 aromatic carbocycles. The van der Waals surface area contributed by atoms with E-state index in [1.165, 1.54) is 0 Å². The van der Waals surface area contributed by atoms with Crippen molar-refractivity contribution < 1.29 is 4.79 Å². The summed E-state index contributed by atoms with van der Waals surface area (Å²) in [6.07, 6.45) is 1.61. The molecule has 3 rings (SSSR count). The third kappa shape index (κ3) is 3.68. The number of halogens is 1. The fraction of sp³-hybridized carbons (Fsp3) is 0.667. The second kappa shape index (κ2) is 6.21. The van der Waals surface area contributed by atoms with Crippen LogP contribution in [0, 0.1) is 0 Å². The van der Waals surface area contributed by atoms with E-state index in [0.29, 0.717) is 11.4 Å². The molecule has 25 heavy (non-hydrogen) atoms. The Morgan fingerprint density at radius 1 is 1.20 bits per heavy atom. The van der Waals surface area contributed by atoms with Crippen LogP contribution in [0.15, 0.2) is 16.7 Å². The van der Waals surface area contributed by atoms with E-state index >= 15 is 0 Å². The number of nitrogens with one attached hydrogen (secondary N) is 2. The first kappa shape index (κ1) is 18.6. The number of carbonyl (C=O) groups excluding carboxylic acids is 1. The lowest BCUT2D eigenvalue weighted by atomic mass is 9.78. The van der Waals surface area contributed by atoms with Crippen LogP contribution < -0.4 is 10.6 Å². The molecule has 1 atom stereocenters. The molecule has 0 radical (unpaired) electrons. The zero-order valence-electron chi connectivity index (χ0n) is 15.9. The maximum absolute atomic E-state index is 13.3. The first-order valence-electron chi connectivity index (χ1n) is 8.71. The first-order chi connectivity index (χ1) is 11.5. The smallest absolute Gasteiger partial charge is 0.260 e. The molecule has 1 amide bonds. The number of amides is 1. The van der Waals surface area contributed by atoms with E-state index < -0.39 is 0 Å². The van der Waals surface area contributed by atoms with Crippen LogP contribution in [0.5, 0.6) is 0 Å². The van der Waals surface area contributed by atoms with Gasteiger partial charge in [0.25, 0.3) is 5.91 Å². The Morgan fingerprint density at radius 3 is 2.36 bits per heavy atom. The van der Waals surface area contributed by atoms with Gasteiger partial charge in [-0.05, 0) is 82.7 Å². The lowest BCUT2D eigenvalue weighted by Gasteiger charge is -2.53. The molecule has 0 spiro atoms. The van der Waals surface area contributed by atoms with Crippen molar-refractivity contribution in [3.05, 3.63) is 22.3 Å². The van der Waals surface area contributed by atoms with Crippen LogP contribution in [0.4, 0.5) is 5.82 Å². The van der Waals surface area contributed by atoms with E-state index in [1.54, 1.807) is 0 Å². The number of carbonyl (C=O) groups is 1. The Hall–Kier alpha value is -1.18. The summed E-state index contributed by atoms with van der Waals surface area (Å²) in [5.74, 6) is 0.688. The van der Waals surface area contributed by atoms with Crippen molar-refractivity contribution in [2.24, 2.45) is 0 Å². The highest BCUT2D eigenvalue weighted by Gasteiger charge is 2.46. The number of fused-ring (bicyclic) bond motifs is 1. The molecular weight excluding hydrogens is 382 g/mol. The SMILES string of the molecule is CN(C)C1Nc2nc(Br)ccc2C(=O)N1C1CC(C)(C)NC(C)(C)C1. The van der Waals surface area contributed by atoms with E-state index in [9.17, 15) is 4.79 Å². The van der Waals surface area contributed by atoms with Gasteiger partial charge in [0.15, 0.2) is 6.29 Å². The Morgan fingerprint density at radius 2 is 1.80 bits per heavy atom. The highest BCUT2D eigenvalue weighted by molar-refractivity contribution is 9.10. The maximum Gasteiger partial charge on any atom is 0.260 e. The lowest BCUT2D eigenvalue weighted by molar-refractivity contribution is 0.00506. The van der Waals surface area contributed by atoms with Gasteiger partial charge in [-0.15, -0.1) is 0 Å². The standard InChI is InChI=1S/C18H28BrN5O/c1-17(2)9-11(10-18(3,4)22-17)24-15(25)12-7-8-13(19)20-14(12)21-16(24)23(5)6/h7-8,11,16,22H,9-10H2,1-6H3,(H,20,21).